The molecule has 0 fully saturated rings. The number of amides is 1. The highest BCUT2D eigenvalue weighted by molar-refractivity contribution is 5.93. The van der Waals surface area contributed by atoms with Crippen LogP contribution < -0.4 is 14.9 Å². The van der Waals surface area contributed by atoms with E-state index in [1.807, 2.05) is 62.4 Å². The summed E-state index contributed by atoms with van der Waals surface area (Å²) in [5, 5.41) is 10.6. The Bertz CT molecular complexity index is 951. The van der Waals surface area contributed by atoms with Gasteiger partial charge in [-0.15, -0.1) is 0 Å². The Labute approximate surface area is 163 Å². The molecule has 2 N–H and O–H groups in total. The van der Waals surface area contributed by atoms with Gasteiger partial charge in [0.15, 0.2) is 17.2 Å². The van der Waals surface area contributed by atoms with Gasteiger partial charge in [0.25, 0.3) is 5.91 Å². The molecule has 144 valence electrons. The number of aryl methyl sites for hydroxylation is 1. The Balaban J connectivity index is 1.65. The lowest BCUT2D eigenvalue weighted by molar-refractivity contribution is 0.0950. The molecule has 0 spiro atoms. The van der Waals surface area contributed by atoms with E-state index in [9.17, 15) is 4.79 Å². The highest BCUT2D eigenvalue weighted by Crippen LogP contribution is 2.28. The zero-order valence-corrected chi connectivity index (χ0v) is 15.8. The van der Waals surface area contributed by atoms with E-state index in [4.69, 9.17) is 9.47 Å². The van der Waals surface area contributed by atoms with Crippen LogP contribution in [0.2, 0.25) is 0 Å². The number of nitrogens with one attached hydrogen (secondary N) is 2. The van der Waals surface area contributed by atoms with E-state index in [0.29, 0.717) is 24.7 Å². The van der Waals surface area contributed by atoms with Gasteiger partial charge in [-0.1, -0.05) is 30.3 Å². The first-order chi connectivity index (χ1) is 13.7. The molecule has 7 heteroatoms. The van der Waals surface area contributed by atoms with Crippen molar-refractivity contribution in [1.29, 1.82) is 0 Å². The molecular formula is C21H22N4O3. The summed E-state index contributed by atoms with van der Waals surface area (Å²) in [5.74, 6) is 0.893. The van der Waals surface area contributed by atoms with Crippen LogP contribution >= 0.6 is 0 Å². The number of aromatic nitrogens is 2. The Hall–Kier alpha value is -3.61. The zero-order chi connectivity index (χ0) is 19.8. The van der Waals surface area contributed by atoms with Gasteiger partial charge in [0.1, 0.15) is 6.61 Å². The zero-order valence-electron chi connectivity index (χ0n) is 15.8. The molecule has 7 nitrogen and oxygen atoms in total. The molecule has 28 heavy (non-hydrogen) atoms. The molecule has 1 heterocycles. The molecule has 0 saturated carbocycles. The maximum absolute atomic E-state index is 11.9. The minimum Gasteiger partial charge on any atom is -0.490 e. The number of carbonyl (C=O) groups excluding carboxylic acids is 1. The molecule has 0 saturated heterocycles. The van der Waals surface area contributed by atoms with Gasteiger partial charge in [-0.3, -0.25) is 9.89 Å². The molecule has 0 aliphatic heterocycles. The number of hydrazone groups is 1. The number of aromatic amines is 1. The number of hydrogen-bond donors (Lipinski definition) is 2. The molecule has 0 unspecified atom stereocenters. The monoisotopic (exact) mass is 378 g/mol. The first-order valence-electron chi connectivity index (χ1n) is 8.94. The maximum atomic E-state index is 11.9. The van der Waals surface area contributed by atoms with Crippen LogP contribution in [0.1, 0.15) is 34.2 Å². The lowest BCUT2D eigenvalue weighted by Crippen LogP contribution is -2.18. The summed E-state index contributed by atoms with van der Waals surface area (Å²) in [6.07, 6.45) is 1.54. The molecule has 0 aliphatic carbocycles. The van der Waals surface area contributed by atoms with Gasteiger partial charge in [-0.25, -0.2) is 5.43 Å². The highest BCUT2D eigenvalue weighted by atomic mass is 16.5. The van der Waals surface area contributed by atoms with Crippen molar-refractivity contribution in [2.24, 2.45) is 5.10 Å². The summed E-state index contributed by atoms with van der Waals surface area (Å²) in [6, 6.07) is 17.1. The second-order valence-corrected chi connectivity index (χ2v) is 6.05. The average molecular weight is 378 g/mol. The van der Waals surface area contributed by atoms with E-state index in [-0.39, 0.29) is 11.6 Å². The number of nitrogens with zero attached hydrogens (tertiary/aromatic N) is 2. The molecule has 0 bridgehead atoms. The number of H-pyrrole nitrogens is 1. The molecule has 0 atom stereocenters. The van der Waals surface area contributed by atoms with Gasteiger partial charge in [-0.2, -0.15) is 10.2 Å². The van der Waals surface area contributed by atoms with Crippen molar-refractivity contribution in [3.05, 3.63) is 77.1 Å². The summed E-state index contributed by atoms with van der Waals surface area (Å²) < 4.78 is 11.6. The van der Waals surface area contributed by atoms with Crippen molar-refractivity contribution < 1.29 is 14.3 Å². The second kappa shape index (κ2) is 9.36. The number of benzene rings is 2. The second-order valence-electron chi connectivity index (χ2n) is 6.05. The Kier molecular flexibility index (Phi) is 6.41. The standard InChI is InChI=1S/C21H22N4O3/c1-3-27-20-12-17(13-22-25-21(26)18-11-15(2)23-24-18)9-10-19(20)28-14-16-7-5-4-6-8-16/h4-13H,3,14H2,1-2H3,(H,23,24)(H,25,26)/b22-13+. The Morgan fingerprint density at radius 3 is 2.68 bits per heavy atom. The van der Waals surface area contributed by atoms with Crippen molar-refractivity contribution in [2.75, 3.05) is 6.61 Å². The smallest absolute Gasteiger partial charge is 0.291 e. The van der Waals surface area contributed by atoms with E-state index >= 15 is 0 Å². The van der Waals surface area contributed by atoms with Crippen LogP contribution in [0.4, 0.5) is 0 Å². The van der Waals surface area contributed by atoms with E-state index in [2.05, 4.69) is 20.7 Å². The lowest BCUT2D eigenvalue weighted by Gasteiger charge is -2.12. The molecule has 3 aromatic rings. The fourth-order valence-electron chi connectivity index (χ4n) is 2.48. The van der Waals surface area contributed by atoms with Crippen LogP contribution in [0.5, 0.6) is 11.5 Å². The number of carbonyl (C=O) groups is 1. The normalized spacial score (nSPS) is 10.8. The van der Waals surface area contributed by atoms with Crippen molar-refractivity contribution in [2.45, 2.75) is 20.5 Å². The minimum atomic E-state index is -0.381. The molecule has 2 aromatic carbocycles. The van der Waals surface area contributed by atoms with E-state index in [1.54, 1.807) is 12.3 Å². The highest BCUT2D eigenvalue weighted by Gasteiger charge is 2.08. The third-order valence-electron chi connectivity index (χ3n) is 3.82. The molecule has 3 rings (SSSR count). The summed E-state index contributed by atoms with van der Waals surface area (Å²) in [5.41, 5.74) is 5.39. The molecule has 1 amide bonds. The summed E-state index contributed by atoms with van der Waals surface area (Å²) in [4.78, 5) is 11.9. The largest absolute Gasteiger partial charge is 0.490 e. The van der Waals surface area contributed by atoms with E-state index in [0.717, 1.165) is 16.8 Å². The molecular weight excluding hydrogens is 356 g/mol. The predicted molar refractivity (Wildman–Crippen MR) is 107 cm³/mol. The van der Waals surface area contributed by atoms with E-state index in [1.165, 1.54) is 0 Å². The van der Waals surface area contributed by atoms with Gasteiger partial charge < -0.3 is 9.47 Å². The number of rotatable bonds is 8. The average Bonchev–Trinajstić information content (AvgIpc) is 3.15. The van der Waals surface area contributed by atoms with Crippen LogP contribution in [0.3, 0.4) is 0 Å². The van der Waals surface area contributed by atoms with Gasteiger partial charge in [0.2, 0.25) is 0 Å². The quantitative estimate of drug-likeness (QED) is 0.464. The number of ether oxygens (including phenoxy) is 2. The van der Waals surface area contributed by atoms with Gasteiger partial charge in [0.05, 0.1) is 12.8 Å². The molecule has 0 aliphatic rings. The summed E-state index contributed by atoms with van der Waals surface area (Å²) >= 11 is 0. The van der Waals surface area contributed by atoms with E-state index < -0.39 is 0 Å². The third kappa shape index (κ3) is 5.20. The topological polar surface area (TPSA) is 88.6 Å². The van der Waals surface area contributed by atoms with Crippen LogP contribution in [0, 0.1) is 6.92 Å². The first kappa shape index (κ1) is 19.2. The maximum Gasteiger partial charge on any atom is 0.291 e. The summed E-state index contributed by atoms with van der Waals surface area (Å²) in [6.45, 7) is 4.70. The van der Waals surface area contributed by atoms with Crippen LogP contribution in [0.25, 0.3) is 0 Å². The minimum absolute atomic E-state index is 0.286. The van der Waals surface area contributed by atoms with Gasteiger partial charge >= 0.3 is 0 Å². The molecule has 0 radical (unpaired) electrons. The SMILES string of the molecule is CCOc1cc(/C=N/NC(=O)c2cc(C)[nH]n2)ccc1OCc1ccccc1. The van der Waals surface area contributed by atoms with Crippen molar-refractivity contribution >= 4 is 12.1 Å². The number of hydrogen-bond acceptors (Lipinski definition) is 5. The van der Waals surface area contributed by atoms with Crippen LogP contribution in [0.15, 0.2) is 59.7 Å². The van der Waals surface area contributed by atoms with Gasteiger partial charge in [-0.05, 0) is 49.2 Å². The summed E-state index contributed by atoms with van der Waals surface area (Å²) in [7, 11) is 0. The van der Waals surface area contributed by atoms with Crippen molar-refractivity contribution in [3.63, 3.8) is 0 Å². The fraction of sp³-hybridized carbons (Fsp3) is 0.190. The Morgan fingerprint density at radius 1 is 1.14 bits per heavy atom. The lowest BCUT2D eigenvalue weighted by atomic mass is 10.2. The van der Waals surface area contributed by atoms with Crippen molar-refractivity contribution in [1.82, 2.24) is 15.6 Å². The fourth-order valence-corrected chi connectivity index (χ4v) is 2.48. The predicted octanol–water partition coefficient (Wildman–Crippen LogP) is 3.46. The Morgan fingerprint density at radius 2 is 1.96 bits per heavy atom. The van der Waals surface area contributed by atoms with Crippen molar-refractivity contribution in [3.8, 4) is 11.5 Å². The van der Waals surface area contributed by atoms with Gasteiger partial charge in [0, 0.05) is 5.69 Å². The van der Waals surface area contributed by atoms with Crippen LogP contribution in [-0.4, -0.2) is 28.9 Å². The molecule has 1 aromatic heterocycles. The third-order valence-corrected chi connectivity index (χ3v) is 3.82. The first-order valence-corrected chi connectivity index (χ1v) is 8.94. The van der Waals surface area contributed by atoms with Crippen LogP contribution in [-0.2, 0) is 6.61 Å².